The number of piperidine rings is 1. The van der Waals surface area contributed by atoms with E-state index in [1.807, 2.05) is 42.5 Å². The number of rotatable bonds is 7. The van der Waals surface area contributed by atoms with Crippen molar-refractivity contribution in [1.82, 2.24) is 10.2 Å². The molecule has 1 saturated heterocycles. The van der Waals surface area contributed by atoms with Crippen molar-refractivity contribution in [3.8, 4) is 22.9 Å². The number of nitrogens with one attached hydrogen (secondary N) is 1. The lowest BCUT2D eigenvalue weighted by Crippen LogP contribution is -2.98. The highest BCUT2D eigenvalue weighted by Crippen LogP contribution is 2.78. The Bertz CT molecular complexity index is 1710. The van der Waals surface area contributed by atoms with Crippen molar-refractivity contribution in [2.75, 3.05) is 19.6 Å². The largest absolute Gasteiger partial charge is 0.507 e. The second-order valence-corrected chi connectivity index (χ2v) is 13.4. The number of carbonyl (C=O) groups excluding carboxylic acids is 2. The summed E-state index contributed by atoms with van der Waals surface area (Å²) in [4.78, 5) is 28.7. The molecule has 3 saturated carbocycles. The zero-order valence-electron chi connectivity index (χ0n) is 24.1. The number of phenols is 1. The Hall–Kier alpha value is -3.99. The molecule has 218 valence electrons. The van der Waals surface area contributed by atoms with Gasteiger partial charge in [-0.25, -0.2) is 0 Å². The van der Waals surface area contributed by atoms with E-state index in [1.54, 1.807) is 18.2 Å². The first kappa shape index (κ1) is 26.6. The molecule has 3 aromatic rings. The molecular formula is C36H35N3O4. The van der Waals surface area contributed by atoms with E-state index in [1.165, 1.54) is 12.8 Å². The Balaban J connectivity index is 1.00. The van der Waals surface area contributed by atoms with Crippen molar-refractivity contribution in [3.05, 3.63) is 88.5 Å². The maximum atomic E-state index is 13.4. The van der Waals surface area contributed by atoms with Gasteiger partial charge in [0.15, 0.2) is 0 Å². The highest BCUT2D eigenvalue weighted by molar-refractivity contribution is 5.98. The zero-order chi connectivity index (χ0) is 29.6. The van der Waals surface area contributed by atoms with E-state index < -0.39 is 11.0 Å². The van der Waals surface area contributed by atoms with Gasteiger partial charge in [-0.1, -0.05) is 42.5 Å². The molecular weight excluding hydrogens is 538 g/mol. The van der Waals surface area contributed by atoms with Gasteiger partial charge in [-0.2, -0.15) is 5.26 Å². The van der Waals surface area contributed by atoms with E-state index in [0.717, 1.165) is 35.3 Å². The van der Waals surface area contributed by atoms with Crippen LogP contribution in [0.15, 0.2) is 60.7 Å². The van der Waals surface area contributed by atoms with Crippen molar-refractivity contribution >= 4 is 11.7 Å². The highest BCUT2D eigenvalue weighted by atomic mass is 16.3. The van der Waals surface area contributed by atoms with Crippen LogP contribution in [0.4, 0.5) is 0 Å². The van der Waals surface area contributed by atoms with Crippen LogP contribution in [0.3, 0.4) is 0 Å². The molecule has 1 aliphatic heterocycles. The number of aromatic hydroxyl groups is 1. The SMILES string of the molecule is N#Cc1ccc(-c2ccc(CCNC(=O)c3ccc4c(c3O)C35CC(=O)CC[C@@]3(O)C3(C4)C5CN3CC3CC3)cc2)cc1. The van der Waals surface area contributed by atoms with E-state index >= 15 is 0 Å². The number of ketones is 1. The van der Waals surface area contributed by atoms with Crippen LogP contribution < -0.4 is 5.32 Å². The standard InChI is InChI=1S/C36H35N3O4/c37-19-23-5-9-26(10-6-23)25-7-3-22(4-8-25)14-16-38-33(42)29-12-11-27-17-35-30(21-39(35)20-24-1-2-24)34(31(27)32(29)41)18-28(40)13-15-36(34,35)43/h3-12,24,30,41,43H,1-2,13-18,20-21H2,(H,38,42)/t30?,34?,35?,36-/m0/s1. The quantitative estimate of drug-likeness (QED) is 0.389. The molecule has 7 nitrogen and oxygen atoms in total. The lowest BCUT2D eigenvalue weighted by atomic mass is 9.27. The van der Waals surface area contributed by atoms with E-state index in [-0.39, 0.29) is 40.9 Å². The summed E-state index contributed by atoms with van der Waals surface area (Å²) in [6, 6.07) is 21.4. The minimum Gasteiger partial charge on any atom is -0.507 e. The van der Waals surface area contributed by atoms with Gasteiger partial charge in [0, 0.05) is 49.4 Å². The molecule has 4 aliphatic carbocycles. The molecule has 5 aliphatic rings. The maximum Gasteiger partial charge on any atom is 0.255 e. The number of hydrogen-bond donors (Lipinski definition) is 3. The monoisotopic (exact) mass is 573 g/mol. The lowest BCUT2D eigenvalue weighted by Gasteiger charge is -2.86. The van der Waals surface area contributed by atoms with Gasteiger partial charge < -0.3 is 15.5 Å². The average Bonchev–Trinajstić information content (AvgIpc) is 3.84. The average molecular weight is 574 g/mol. The topological polar surface area (TPSA) is 114 Å². The Labute approximate surface area is 251 Å². The molecule has 0 radical (unpaired) electrons. The van der Waals surface area contributed by atoms with E-state index in [0.29, 0.717) is 49.3 Å². The van der Waals surface area contributed by atoms with E-state index in [2.05, 4.69) is 16.3 Å². The second-order valence-electron chi connectivity index (χ2n) is 13.4. The van der Waals surface area contributed by atoms with Gasteiger partial charge in [0.2, 0.25) is 0 Å². The number of benzene rings is 3. The summed E-state index contributed by atoms with van der Waals surface area (Å²) in [7, 11) is 0. The molecule has 3 N–H and O–H groups in total. The minimum atomic E-state index is -1.06. The summed E-state index contributed by atoms with van der Waals surface area (Å²) in [6.45, 7) is 2.25. The number of nitrogens with zero attached hydrogens (tertiary/aromatic N) is 2. The normalized spacial score (nSPS) is 30.1. The van der Waals surface area contributed by atoms with Gasteiger partial charge in [0.25, 0.3) is 5.91 Å². The Kier molecular flexibility index (Phi) is 5.73. The third-order valence-electron chi connectivity index (χ3n) is 11.4. The van der Waals surface area contributed by atoms with Crippen molar-refractivity contribution in [2.24, 2.45) is 11.8 Å². The van der Waals surface area contributed by atoms with Gasteiger partial charge in [0.05, 0.1) is 28.3 Å². The Morgan fingerprint density at radius 2 is 1.74 bits per heavy atom. The minimum absolute atomic E-state index is 0.0659. The molecule has 3 aromatic carbocycles. The number of hydrogen-bond acceptors (Lipinski definition) is 6. The number of carbonyl (C=O) groups is 2. The lowest BCUT2D eigenvalue weighted by molar-refractivity contribution is -0.363. The summed E-state index contributed by atoms with van der Waals surface area (Å²) in [5, 5.41) is 36.0. The predicted octanol–water partition coefficient (Wildman–Crippen LogP) is 4.28. The molecule has 1 heterocycles. The van der Waals surface area contributed by atoms with Crippen LogP contribution >= 0.6 is 0 Å². The number of nitriles is 1. The fourth-order valence-electron chi connectivity index (χ4n) is 9.25. The second kappa shape index (κ2) is 9.25. The van der Waals surface area contributed by atoms with Crippen molar-refractivity contribution in [3.63, 3.8) is 0 Å². The summed E-state index contributed by atoms with van der Waals surface area (Å²) in [5.41, 5.74) is 3.38. The Morgan fingerprint density at radius 3 is 2.44 bits per heavy atom. The highest BCUT2D eigenvalue weighted by Gasteiger charge is 2.89. The molecule has 0 aromatic heterocycles. The zero-order valence-corrected chi connectivity index (χ0v) is 24.1. The fraction of sp³-hybridized carbons (Fsp3) is 0.417. The maximum absolute atomic E-state index is 13.4. The van der Waals surface area contributed by atoms with Crippen LogP contribution in [0, 0.1) is 23.2 Å². The van der Waals surface area contributed by atoms with Crippen LogP contribution in [-0.4, -0.2) is 57.6 Å². The van der Waals surface area contributed by atoms with Crippen LogP contribution in [-0.2, 0) is 23.1 Å². The van der Waals surface area contributed by atoms with Gasteiger partial charge in [-0.05, 0) is 78.5 Å². The molecule has 1 spiro atoms. The van der Waals surface area contributed by atoms with Gasteiger partial charge in [-0.3, -0.25) is 14.5 Å². The van der Waals surface area contributed by atoms with Crippen LogP contribution in [0.2, 0.25) is 0 Å². The fourth-order valence-corrected chi connectivity index (χ4v) is 9.25. The molecule has 8 rings (SSSR count). The van der Waals surface area contributed by atoms with Crippen molar-refractivity contribution in [2.45, 2.75) is 61.5 Å². The Morgan fingerprint density at radius 1 is 1.02 bits per heavy atom. The summed E-state index contributed by atoms with van der Waals surface area (Å²) in [6.07, 6.45) is 4.80. The molecule has 3 unspecified atom stereocenters. The first-order valence-corrected chi connectivity index (χ1v) is 15.5. The summed E-state index contributed by atoms with van der Waals surface area (Å²) < 4.78 is 0. The molecule has 4 fully saturated rings. The van der Waals surface area contributed by atoms with Crippen molar-refractivity contribution < 1.29 is 19.8 Å². The van der Waals surface area contributed by atoms with E-state index in [4.69, 9.17) is 5.26 Å². The molecule has 4 atom stereocenters. The number of phenolic OH excluding ortho intramolecular Hbond substituents is 1. The van der Waals surface area contributed by atoms with Crippen LogP contribution in [0.1, 0.15) is 64.7 Å². The number of amides is 1. The third-order valence-corrected chi connectivity index (χ3v) is 11.4. The van der Waals surface area contributed by atoms with E-state index in [9.17, 15) is 19.8 Å². The smallest absolute Gasteiger partial charge is 0.255 e. The number of Topliss-reactive ketones (excluding diaryl/α,β-unsaturated/α-hetero) is 1. The van der Waals surface area contributed by atoms with Crippen molar-refractivity contribution in [1.29, 1.82) is 5.26 Å². The van der Waals surface area contributed by atoms with Gasteiger partial charge in [-0.15, -0.1) is 0 Å². The summed E-state index contributed by atoms with van der Waals surface area (Å²) in [5.74, 6) is 0.546. The first-order valence-electron chi connectivity index (χ1n) is 15.5. The third kappa shape index (κ3) is 3.54. The number of fused-ring (bicyclic) bond motifs is 1. The molecule has 7 heteroatoms. The molecule has 1 amide bonds. The number of likely N-dealkylation sites (tertiary alicyclic amines) is 1. The predicted molar refractivity (Wildman–Crippen MR) is 160 cm³/mol. The van der Waals surface area contributed by atoms with Gasteiger partial charge >= 0.3 is 0 Å². The summed E-state index contributed by atoms with van der Waals surface area (Å²) >= 11 is 0. The van der Waals surface area contributed by atoms with Gasteiger partial charge in [0.1, 0.15) is 11.5 Å². The van der Waals surface area contributed by atoms with Crippen LogP contribution in [0.25, 0.3) is 11.1 Å². The molecule has 43 heavy (non-hydrogen) atoms. The van der Waals surface area contributed by atoms with Crippen LogP contribution in [0.5, 0.6) is 5.75 Å². The number of aliphatic hydroxyl groups is 1. The molecule has 2 bridgehead atoms. The first-order chi connectivity index (χ1) is 20.8.